The lowest BCUT2D eigenvalue weighted by Gasteiger charge is -2.39. The summed E-state index contributed by atoms with van der Waals surface area (Å²) in [6.07, 6.45) is 1.70. The molecule has 0 amide bonds. The summed E-state index contributed by atoms with van der Waals surface area (Å²) in [5.74, 6) is 0.929. The van der Waals surface area contributed by atoms with Gasteiger partial charge in [0, 0.05) is 11.8 Å². The normalized spacial score (nSPS) is 21.6. The Bertz CT molecular complexity index is 640. The fraction of sp³-hybridized carbons (Fsp3) is 0.333. The van der Waals surface area contributed by atoms with Crippen LogP contribution in [0, 0.1) is 0 Å². The second-order valence-corrected chi connectivity index (χ2v) is 5.70. The van der Waals surface area contributed by atoms with Gasteiger partial charge in [-0.3, -0.25) is 4.79 Å². The van der Waals surface area contributed by atoms with Crippen molar-refractivity contribution in [3.8, 4) is 0 Å². The van der Waals surface area contributed by atoms with E-state index in [9.17, 15) is 4.79 Å². The summed E-state index contributed by atoms with van der Waals surface area (Å²) in [7, 11) is 0. The third kappa shape index (κ3) is 3.02. The van der Waals surface area contributed by atoms with E-state index < -0.39 is 0 Å². The number of rotatable bonds is 3. The molecule has 1 fully saturated rings. The van der Waals surface area contributed by atoms with Gasteiger partial charge in [-0.05, 0) is 31.5 Å². The molecule has 1 saturated heterocycles. The number of hydrogen-bond acceptors (Lipinski definition) is 4. The number of benzene rings is 1. The zero-order chi connectivity index (χ0) is 15.5. The van der Waals surface area contributed by atoms with Crippen molar-refractivity contribution >= 4 is 11.6 Å². The minimum Gasteiger partial charge on any atom is -0.370 e. The molecule has 0 bridgehead atoms. The number of pyridine rings is 1. The Morgan fingerprint density at radius 1 is 1.23 bits per heavy atom. The molecule has 1 aliphatic rings. The Hall–Kier alpha value is -2.20. The summed E-state index contributed by atoms with van der Waals surface area (Å²) in [5.41, 5.74) is 1.82. The van der Waals surface area contributed by atoms with E-state index in [1.54, 1.807) is 13.1 Å². The van der Waals surface area contributed by atoms with Gasteiger partial charge in [0.15, 0.2) is 5.78 Å². The van der Waals surface area contributed by atoms with Gasteiger partial charge in [-0.25, -0.2) is 4.98 Å². The monoisotopic (exact) mass is 296 g/mol. The van der Waals surface area contributed by atoms with Crippen LogP contribution in [0.15, 0.2) is 48.7 Å². The van der Waals surface area contributed by atoms with Crippen LogP contribution < -0.4 is 4.90 Å². The molecule has 0 aliphatic carbocycles. The van der Waals surface area contributed by atoms with Crippen LogP contribution >= 0.6 is 0 Å². The number of ketones is 1. The zero-order valence-electron chi connectivity index (χ0n) is 12.9. The van der Waals surface area contributed by atoms with Crippen molar-refractivity contribution in [1.82, 2.24) is 4.98 Å². The van der Waals surface area contributed by atoms with E-state index in [1.807, 2.05) is 30.3 Å². The van der Waals surface area contributed by atoms with Crippen LogP contribution in [0.4, 0.5) is 5.82 Å². The van der Waals surface area contributed by atoms with Gasteiger partial charge in [-0.15, -0.1) is 0 Å². The van der Waals surface area contributed by atoms with E-state index in [4.69, 9.17) is 4.74 Å². The maximum absolute atomic E-state index is 11.4. The molecule has 22 heavy (non-hydrogen) atoms. The van der Waals surface area contributed by atoms with E-state index >= 15 is 0 Å². The quantitative estimate of drug-likeness (QED) is 0.815. The number of ether oxygens (including phenoxy) is 1. The largest absolute Gasteiger partial charge is 0.370 e. The molecule has 0 N–H and O–H groups in total. The molecule has 2 atom stereocenters. The number of nitrogens with zero attached hydrogens (tertiary/aromatic N) is 2. The zero-order valence-corrected chi connectivity index (χ0v) is 12.9. The summed E-state index contributed by atoms with van der Waals surface area (Å²) in [6.45, 7) is 5.11. The molecule has 4 nitrogen and oxygen atoms in total. The maximum Gasteiger partial charge on any atom is 0.161 e. The Balaban J connectivity index is 1.81. The molecule has 0 spiro atoms. The average Bonchev–Trinajstić information content (AvgIpc) is 2.56. The van der Waals surface area contributed by atoms with Crippen LogP contribution in [0.25, 0.3) is 0 Å². The first-order chi connectivity index (χ1) is 10.6. The van der Waals surface area contributed by atoms with Crippen molar-refractivity contribution in [2.45, 2.75) is 26.0 Å². The molecule has 1 aromatic heterocycles. The molecule has 2 aromatic rings. The minimum atomic E-state index is 0.0382. The summed E-state index contributed by atoms with van der Waals surface area (Å²) in [4.78, 5) is 18.1. The van der Waals surface area contributed by atoms with Gasteiger partial charge in [0.1, 0.15) is 11.9 Å². The highest BCUT2D eigenvalue weighted by molar-refractivity contribution is 5.93. The summed E-state index contributed by atoms with van der Waals surface area (Å²) in [5, 5.41) is 0. The number of carbonyl (C=O) groups is 1. The number of aromatic nitrogens is 1. The van der Waals surface area contributed by atoms with Crippen LogP contribution in [0.5, 0.6) is 0 Å². The number of morpholine rings is 1. The number of anilines is 1. The standard InChI is InChI=1S/C18H20N2O2/c1-13-12-22-17(15-6-4-3-5-7-15)11-20(13)18-9-8-16(10-19-18)14(2)21/h3-10,13,17H,11-12H2,1-2H3. The molecule has 4 heteroatoms. The van der Waals surface area contributed by atoms with Gasteiger partial charge in [0.25, 0.3) is 0 Å². The Morgan fingerprint density at radius 2 is 2.00 bits per heavy atom. The smallest absolute Gasteiger partial charge is 0.161 e. The fourth-order valence-electron chi connectivity index (χ4n) is 2.71. The molecule has 0 saturated carbocycles. The van der Waals surface area contributed by atoms with Gasteiger partial charge < -0.3 is 9.64 Å². The van der Waals surface area contributed by atoms with Gasteiger partial charge in [-0.2, -0.15) is 0 Å². The highest BCUT2D eigenvalue weighted by atomic mass is 16.5. The molecular weight excluding hydrogens is 276 g/mol. The lowest BCUT2D eigenvalue weighted by molar-refractivity contribution is 0.0212. The summed E-state index contributed by atoms with van der Waals surface area (Å²) < 4.78 is 5.97. The van der Waals surface area contributed by atoms with E-state index in [-0.39, 0.29) is 17.9 Å². The number of carbonyl (C=O) groups excluding carboxylic acids is 1. The van der Waals surface area contributed by atoms with Crippen molar-refractivity contribution in [2.24, 2.45) is 0 Å². The summed E-state index contributed by atoms with van der Waals surface area (Å²) in [6, 6.07) is 14.3. The van der Waals surface area contributed by atoms with Gasteiger partial charge in [-0.1, -0.05) is 30.3 Å². The maximum atomic E-state index is 11.4. The lowest BCUT2D eigenvalue weighted by Crippen LogP contribution is -2.45. The lowest BCUT2D eigenvalue weighted by atomic mass is 10.1. The van der Waals surface area contributed by atoms with E-state index in [0.717, 1.165) is 12.4 Å². The molecule has 114 valence electrons. The molecule has 1 aromatic carbocycles. The number of hydrogen-bond donors (Lipinski definition) is 0. The predicted octanol–water partition coefficient (Wildman–Crippen LogP) is 3.25. The van der Waals surface area contributed by atoms with E-state index in [0.29, 0.717) is 12.2 Å². The van der Waals surface area contributed by atoms with Crippen LogP contribution in [0.1, 0.15) is 35.9 Å². The highest BCUT2D eigenvalue weighted by Crippen LogP contribution is 2.27. The Kier molecular flexibility index (Phi) is 4.20. The molecule has 2 heterocycles. The summed E-state index contributed by atoms with van der Waals surface area (Å²) >= 11 is 0. The first-order valence-corrected chi connectivity index (χ1v) is 7.55. The predicted molar refractivity (Wildman–Crippen MR) is 86.2 cm³/mol. The van der Waals surface area contributed by atoms with Crippen molar-refractivity contribution in [3.05, 3.63) is 59.8 Å². The van der Waals surface area contributed by atoms with Crippen molar-refractivity contribution < 1.29 is 9.53 Å². The molecule has 0 radical (unpaired) electrons. The SMILES string of the molecule is CC(=O)c1ccc(N2CC(c3ccccc3)OCC2C)nc1. The van der Waals surface area contributed by atoms with Gasteiger partial charge in [0.05, 0.1) is 19.2 Å². The minimum absolute atomic E-state index is 0.0382. The van der Waals surface area contributed by atoms with Crippen molar-refractivity contribution in [1.29, 1.82) is 0 Å². The molecule has 3 rings (SSSR count). The highest BCUT2D eigenvalue weighted by Gasteiger charge is 2.27. The second-order valence-electron chi connectivity index (χ2n) is 5.70. The Labute approximate surface area is 130 Å². The van der Waals surface area contributed by atoms with Crippen molar-refractivity contribution in [2.75, 3.05) is 18.1 Å². The van der Waals surface area contributed by atoms with Crippen LogP contribution in [-0.4, -0.2) is 30.0 Å². The van der Waals surface area contributed by atoms with Gasteiger partial charge in [0.2, 0.25) is 0 Å². The molecule has 1 aliphatic heterocycles. The number of Topliss-reactive ketones (excluding diaryl/α,β-unsaturated/α-hetero) is 1. The second kappa shape index (κ2) is 6.28. The topological polar surface area (TPSA) is 42.4 Å². The van der Waals surface area contributed by atoms with E-state index in [2.05, 4.69) is 28.9 Å². The molecular formula is C18H20N2O2. The fourth-order valence-corrected chi connectivity index (χ4v) is 2.71. The van der Waals surface area contributed by atoms with Crippen LogP contribution in [0.3, 0.4) is 0 Å². The average molecular weight is 296 g/mol. The molecule has 2 unspecified atom stereocenters. The third-order valence-corrected chi connectivity index (χ3v) is 4.05. The van der Waals surface area contributed by atoms with E-state index in [1.165, 1.54) is 5.56 Å². The van der Waals surface area contributed by atoms with Crippen molar-refractivity contribution in [3.63, 3.8) is 0 Å². The van der Waals surface area contributed by atoms with Crippen LogP contribution in [-0.2, 0) is 4.74 Å². The first-order valence-electron chi connectivity index (χ1n) is 7.55. The Morgan fingerprint density at radius 3 is 2.64 bits per heavy atom. The van der Waals surface area contributed by atoms with Gasteiger partial charge >= 0.3 is 0 Å². The first kappa shape index (κ1) is 14.7. The van der Waals surface area contributed by atoms with Crippen LogP contribution in [0.2, 0.25) is 0 Å². The third-order valence-electron chi connectivity index (χ3n) is 4.05.